The summed E-state index contributed by atoms with van der Waals surface area (Å²) in [5.74, 6) is 0. The van der Waals surface area contributed by atoms with Crippen molar-refractivity contribution in [3.05, 3.63) is 52.7 Å². The number of nitrogens with zero attached hydrogens (tertiary/aromatic N) is 1. The van der Waals surface area contributed by atoms with Gasteiger partial charge in [-0.3, -0.25) is 4.98 Å². The van der Waals surface area contributed by atoms with Crippen LogP contribution in [0, 0.1) is 0 Å². The van der Waals surface area contributed by atoms with Gasteiger partial charge in [-0.2, -0.15) is 0 Å². The molecule has 2 aromatic heterocycles. The maximum Gasteiger partial charge on any atom is 0.198 e. The van der Waals surface area contributed by atoms with Gasteiger partial charge in [0.25, 0.3) is 0 Å². The van der Waals surface area contributed by atoms with E-state index in [2.05, 4.69) is 11.9 Å². The highest BCUT2D eigenvalue weighted by molar-refractivity contribution is 6.29. The zero-order valence-corrected chi connectivity index (χ0v) is 10.3. The molecule has 2 aromatic rings. The van der Waals surface area contributed by atoms with Crippen LogP contribution >= 0.6 is 11.6 Å². The molecule has 1 N–H and O–H groups in total. The van der Waals surface area contributed by atoms with Gasteiger partial charge in [-0.05, 0) is 35.7 Å². The van der Waals surface area contributed by atoms with Crippen molar-refractivity contribution in [2.75, 3.05) is 0 Å². The van der Waals surface area contributed by atoms with Gasteiger partial charge in [-0.1, -0.05) is 13.0 Å². The van der Waals surface area contributed by atoms with E-state index in [1.807, 2.05) is 18.3 Å². The van der Waals surface area contributed by atoms with Gasteiger partial charge in [0.2, 0.25) is 0 Å². The van der Waals surface area contributed by atoms with Gasteiger partial charge in [-0.25, -0.2) is 0 Å². The lowest BCUT2D eigenvalue weighted by molar-refractivity contribution is 0.176. The Morgan fingerprint density at radius 3 is 2.76 bits per heavy atom. The van der Waals surface area contributed by atoms with E-state index >= 15 is 0 Å². The van der Waals surface area contributed by atoms with Gasteiger partial charge in [-0.15, -0.1) is 0 Å². The summed E-state index contributed by atoms with van der Waals surface area (Å²) in [7, 11) is 0. The summed E-state index contributed by atoms with van der Waals surface area (Å²) in [5, 5.41) is 10.2. The van der Waals surface area contributed by atoms with Gasteiger partial charge in [0, 0.05) is 23.9 Å². The van der Waals surface area contributed by atoms with E-state index in [9.17, 15) is 5.11 Å². The lowest BCUT2D eigenvalue weighted by Crippen LogP contribution is -2.03. The highest BCUT2D eigenvalue weighted by atomic mass is 35.5. The molecule has 0 radical (unpaired) electrons. The van der Waals surface area contributed by atoms with Gasteiger partial charge < -0.3 is 9.52 Å². The van der Waals surface area contributed by atoms with E-state index < -0.39 is 6.10 Å². The molecule has 0 fully saturated rings. The molecular formula is C13H14ClNO2. The number of furan rings is 1. The van der Waals surface area contributed by atoms with Crippen molar-refractivity contribution < 1.29 is 9.52 Å². The number of pyridine rings is 1. The maximum atomic E-state index is 9.99. The molecule has 2 rings (SSSR count). The monoisotopic (exact) mass is 251 g/mol. The summed E-state index contributed by atoms with van der Waals surface area (Å²) < 4.78 is 4.94. The minimum Gasteiger partial charge on any atom is -0.453 e. The lowest BCUT2D eigenvalue weighted by Gasteiger charge is -2.08. The first-order valence-electron chi connectivity index (χ1n) is 5.55. The summed E-state index contributed by atoms with van der Waals surface area (Å²) in [5.41, 5.74) is 2.63. The van der Waals surface area contributed by atoms with E-state index in [0.717, 1.165) is 12.1 Å². The molecule has 0 bridgehead atoms. The Hall–Kier alpha value is -1.32. The van der Waals surface area contributed by atoms with E-state index in [1.165, 1.54) is 11.8 Å². The third kappa shape index (κ3) is 2.87. The van der Waals surface area contributed by atoms with Gasteiger partial charge in [0.15, 0.2) is 5.22 Å². The second kappa shape index (κ2) is 5.34. The number of aliphatic hydroxyl groups excluding tert-OH is 1. The van der Waals surface area contributed by atoms with Crippen LogP contribution in [0.1, 0.15) is 29.8 Å². The van der Waals surface area contributed by atoms with Crippen LogP contribution < -0.4 is 0 Å². The van der Waals surface area contributed by atoms with Gasteiger partial charge in [0.05, 0.1) is 12.4 Å². The van der Waals surface area contributed by atoms with Crippen molar-refractivity contribution in [3.8, 4) is 0 Å². The van der Waals surface area contributed by atoms with Crippen molar-refractivity contribution in [2.45, 2.75) is 25.9 Å². The van der Waals surface area contributed by atoms with Crippen LogP contribution in [0.3, 0.4) is 0 Å². The summed E-state index contributed by atoms with van der Waals surface area (Å²) in [6, 6.07) is 5.62. The molecule has 1 unspecified atom stereocenters. The fourth-order valence-electron chi connectivity index (χ4n) is 1.64. The number of halogens is 1. The van der Waals surface area contributed by atoms with Crippen LogP contribution in [0.4, 0.5) is 0 Å². The predicted octanol–water partition coefficient (Wildman–Crippen LogP) is 3.17. The lowest BCUT2D eigenvalue weighted by atomic mass is 10.1. The molecule has 1 atom stereocenters. The summed E-state index contributed by atoms with van der Waals surface area (Å²) in [4.78, 5) is 4.30. The summed E-state index contributed by atoms with van der Waals surface area (Å²) >= 11 is 5.80. The van der Waals surface area contributed by atoms with Crippen molar-refractivity contribution in [3.63, 3.8) is 0 Å². The van der Waals surface area contributed by atoms with Gasteiger partial charge in [0.1, 0.15) is 0 Å². The number of hydrogen-bond acceptors (Lipinski definition) is 3. The molecule has 17 heavy (non-hydrogen) atoms. The van der Waals surface area contributed by atoms with E-state index in [1.54, 1.807) is 6.07 Å². The molecule has 3 nitrogen and oxygen atoms in total. The van der Waals surface area contributed by atoms with Crippen molar-refractivity contribution in [2.24, 2.45) is 0 Å². The molecule has 2 heterocycles. The largest absolute Gasteiger partial charge is 0.453 e. The van der Waals surface area contributed by atoms with Crippen molar-refractivity contribution >= 4 is 11.6 Å². The van der Waals surface area contributed by atoms with Crippen LogP contribution in [0.5, 0.6) is 0 Å². The fraction of sp³-hybridized carbons (Fsp3) is 0.308. The minimum absolute atomic E-state index is 0.239. The first-order chi connectivity index (χ1) is 8.20. The Morgan fingerprint density at radius 2 is 2.24 bits per heavy atom. The van der Waals surface area contributed by atoms with Crippen LogP contribution in [0.15, 0.2) is 35.1 Å². The highest BCUT2D eigenvalue weighted by Gasteiger charge is 2.15. The Balaban J connectivity index is 2.07. The Morgan fingerprint density at radius 1 is 1.41 bits per heavy atom. The summed E-state index contributed by atoms with van der Waals surface area (Å²) in [6.07, 6.45) is 4.02. The van der Waals surface area contributed by atoms with Crippen molar-refractivity contribution in [1.29, 1.82) is 0 Å². The second-order valence-electron chi connectivity index (χ2n) is 3.88. The average Bonchev–Trinajstić information content (AvgIpc) is 2.76. The third-order valence-corrected chi connectivity index (χ3v) is 3.01. The molecule has 90 valence electrons. The smallest absolute Gasteiger partial charge is 0.198 e. The first kappa shape index (κ1) is 12.1. The van der Waals surface area contributed by atoms with Crippen LogP contribution in [0.2, 0.25) is 5.22 Å². The van der Waals surface area contributed by atoms with E-state index in [0.29, 0.717) is 12.0 Å². The fourth-order valence-corrected chi connectivity index (χ4v) is 1.88. The zero-order chi connectivity index (χ0) is 12.3. The van der Waals surface area contributed by atoms with Crippen LogP contribution in [-0.2, 0) is 12.8 Å². The molecule has 0 aliphatic rings. The Labute approximate surface area is 105 Å². The number of aryl methyl sites for hydroxylation is 1. The van der Waals surface area contributed by atoms with Gasteiger partial charge >= 0.3 is 0 Å². The first-order valence-corrected chi connectivity index (χ1v) is 5.93. The zero-order valence-electron chi connectivity index (χ0n) is 9.56. The SMILES string of the molecule is CCc1ccc(CC(O)c2ccoc2Cl)nc1. The third-order valence-electron chi connectivity index (χ3n) is 2.70. The molecule has 0 saturated carbocycles. The normalized spacial score (nSPS) is 12.6. The standard InChI is InChI=1S/C13H14ClNO2/c1-2-9-3-4-10(15-8-9)7-12(16)11-5-6-17-13(11)14/h3-6,8,12,16H,2,7H2,1H3. The average molecular weight is 252 g/mol. The molecule has 4 heteroatoms. The number of rotatable bonds is 4. The number of hydrogen-bond donors (Lipinski definition) is 1. The second-order valence-corrected chi connectivity index (χ2v) is 4.22. The molecule has 0 amide bonds. The quantitative estimate of drug-likeness (QED) is 0.908. The highest BCUT2D eigenvalue weighted by Crippen LogP contribution is 2.26. The topological polar surface area (TPSA) is 46.3 Å². The van der Waals surface area contributed by atoms with Crippen molar-refractivity contribution in [1.82, 2.24) is 4.98 Å². The molecule has 0 spiro atoms. The molecule has 0 aromatic carbocycles. The predicted molar refractivity (Wildman–Crippen MR) is 66.0 cm³/mol. The van der Waals surface area contributed by atoms with E-state index in [4.69, 9.17) is 16.0 Å². The Bertz CT molecular complexity index is 478. The molecule has 0 aliphatic carbocycles. The van der Waals surface area contributed by atoms with E-state index in [-0.39, 0.29) is 5.22 Å². The maximum absolute atomic E-state index is 9.99. The number of aromatic nitrogens is 1. The Kier molecular flexibility index (Phi) is 3.82. The van der Waals surface area contributed by atoms with Crippen LogP contribution in [-0.4, -0.2) is 10.1 Å². The van der Waals surface area contributed by atoms with Crippen LogP contribution in [0.25, 0.3) is 0 Å². The molecule has 0 aliphatic heterocycles. The molecule has 0 saturated heterocycles. The molecular weight excluding hydrogens is 238 g/mol. The number of aliphatic hydroxyl groups is 1. The minimum atomic E-state index is -0.679. The summed E-state index contributed by atoms with van der Waals surface area (Å²) in [6.45, 7) is 2.08.